The van der Waals surface area contributed by atoms with E-state index in [9.17, 15) is 9.59 Å². The minimum Gasteiger partial charge on any atom is -0.346 e. The molecule has 0 unspecified atom stereocenters. The molecule has 0 aliphatic rings. The van der Waals surface area contributed by atoms with Crippen LogP contribution >= 0.6 is 22.6 Å². The van der Waals surface area contributed by atoms with Gasteiger partial charge in [0.05, 0.1) is 29.7 Å². The fourth-order valence-electron chi connectivity index (χ4n) is 3.11. The zero-order valence-electron chi connectivity index (χ0n) is 15.4. The van der Waals surface area contributed by atoms with Crippen molar-refractivity contribution in [3.8, 4) is 0 Å². The molecular formula is C22H17IN4O2. The van der Waals surface area contributed by atoms with Crippen LogP contribution in [0, 0.1) is 3.57 Å². The summed E-state index contributed by atoms with van der Waals surface area (Å²) in [7, 11) is 0. The first-order valence-corrected chi connectivity index (χ1v) is 10.1. The number of hydrogen-bond donors (Lipinski definition) is 1. The Morgan fingerprint density at radius 2 is 1.76 bits per heavy atom. The van der Waals surface area contributed by atoms with Gasteiger partial charge in [-0.2, -0.15) is 5.10 Å². The average Bonchev–Trinajstić information content (AvgIpc) is 2.76. The number of amides is 1. The van der Waals surface area contributed by atoms with Gasteiger partial charge < -0.3 is 5.32 Å². The molecule has 1 amide bonds. The molecule has 0 bridgehead atoms. The van der Waals surface area contributed by atoms with Crippen LogP contribution in [0.4, 0.5) is 0 Å². The molecule has 0 radical (unpaired) electrons. The molecule has 0 aliphatic heterocycles. The molecule has 7 heteroatoms. The second kappa shape index (κ2) is 8.52. The minimum absolute atomic E-state index is 0.169. The summed E-state index contributed by atoms with van der Waals surface area (Å²) in [5.74, 6) is -0.175. The van der Waals surface area contributed by atoms with Crippen LogP contribution < -0.4 is 10.9 Å². The third-order valence-electron chi connectivity index (χ3n) is 4.53. The number of pyridine rings is 1. The van der Waals surface area contributed by atoms with Crippen molar-refractivity contribution in [1.82, 2.24) is 20.1 Å². The zero-order valence-corrected chi connectivity index (χ0v) is 17.5. The van der Waals surface area contributed by atoms with Gasteiger partial charge in [0, 0.05) is 21.4 Å². The van der Waals surface area contributed by atoms with Crippen LogP contribution in [0.15, 0.2) is 77.9 Å². The van der Waals surface area contributed by atoms with E-state index in [1.165, 1.54) is 4.68 Å². The maximum atomic E-state index is 12.9. The standard InChI is InChI=1S/C22H17IN4O2/c23-19-10-4-3-9-18(19)21(28)25-13-20-16-7-1-2-8-17(16)22(29)27(26-20)14-15-6-5-11-24-12-15/h1-12H,13-14H2,(H,25,28). The van der Waals surface area contributed by atoms with Crippen molar-refractivity contribution in [3.05, 3.63) is 104 Å². The van der Waals surface area contributed by atoms with Crippen LogP contribution in [-0.2, 0) is 13.1 Å². The smallest absolute Gasteiger partial charge is 0.274 e. The van der Waals surface area contributed by atoms with Crippen molar-refractivity contribution >= 4 is 39.3 Å². The van der Waals surface area contributed by atoms with Gasteiger partial charge in [-0.3, -0.25) is 14.6 Å². The van der Waals surface area contributed by atoms with Gasteiger partial charge in [0.2, 0.25) is 0 Å². The Labute approximate surface area is 180 Å². The normalized spacial score (nSPS) is 10.8. The lowest BCUT2D eigenvalue weighted by molar-refractivity contribution is 0.0949. The van der Waals surface area contributed by atoms with E-state index in [0.29, 0.717) is 23.2 Å². The number of fused-ring (bicyclic) bond motifs is 1. The van der Waals surface area contributed by atoms with Crippen LogP contribution in [0.25, 0.3) is 10.8 Å². The van der Waals surface area contributed by atoms with Crippen molar-refractivity contribution in [2.75, 3.05) is 0 Å². The lowest BCUT2D eigenvalue weighted by atomic mass is 10.1. The number of nitrogens with zero attached hydrogens (tertiary/aromatic N) is 3. The van der Waals surface area contributed by atoms with E-state index in [4.69, 9.17) is 0 Å². The van der Waals surface area contributed by atoms with Crippen molar-refractivity contribution in [2.45, 2.75) is 13.1 Å². The van der Waals surface area contributed by atoms with Gasteiger partial charge in [-0.05, 0) is 52.4 Å². The van der Waals surface area contributed by atoms with Crippen LogP contribution in [0.3, 0.4) is 0 Å². The molecule has 4 aromatic rings. The number of halogens is 1. The summed E-state index contributed by atoms with van der Waals surface area (Å²) in [4.78, 5) is 29.6. The second-order valence-electron chi connectivity index (χ2n) is 6.48. The summed E-state index contributed by atoms with van der Waals surface area (Å²) < 4.78 is 2.30. The van der Waals surface area contributed by atoms with Gasteiger partial charge in [-0.1, -0.05) is 36.4 Å². The molecule has 29 heavy (non-hydrogen) atoms. The number of hydrogen-bond acceptors (Lipinski definition) is 4. The minimum atomic E-state index is -0.175. The fraction of sp³-hybridized carbons (Fsp3) is 0.0909. The number of aromatic nitrogens is 3. The molecule has 144 valence electrons. The highest BCUT2D eigenvalue weighted by Crippen LogP contribution is 2.15. The lowest BCUT2D eigenvalue weighted by Gasteiger charge is -2.12. The molecule has 0 spiro atoms. The summed E-state index contributed by atoms with van der Waals surface area (Å²) >= 11 is 2.14. The van der Waals surface area contributed by atoms with E-state index < -0.39 is 0 Å². The Hall–Kier alpha value is -3.07. The van der Waals surface area contributed by atoms with Gasteiger partial charge in [0.25, 0.3) is 11.5 Å². The predicted octanol–water partition coefficient (Wildman–Crippen LogP) is 3.37. The molecular weight excluding hydrogens is 479 g/mol. The third kappa shape index (κ3) is 4.19. The zero-order chi connectivity index (χ0) is 20.2. The summed E-state index contributed by atoms with van der Waals surface area (Å²) in [6, 6.07) is 18.4. The Morgan fingerprint density at radius 1 is 1.00 bits per heavy atom. The monoisotopic (exact) mass is 496 g/mol. The molecule has 0 fully saturated rings. The Bertz CT molecular complexity index is 1240. The highest BCUT2D eigenvalue weighted by molar-refractivity contribution is 14.1. The van der Waals surface area contributed by atoms with Crippen LogP contribution in [0.5, 0.6) is 0 Å². The summed E-state index contributed by atoms with van der Waals surface area (Å²) in [6.45, 7) is 0.534. The molecule has 6 nitrogen and oxygen atoms in total. The van der Waals surface area contributed by atoms with E-state index in [1.54, 1.807) is 24.5 Å². The molecule has 0 aliphatic carbocycles. The molecule has 0 saturated carbocycles. The lowest BCUT2D eigenvalue weighted by Crippen LogP contribution is -2.29. The number of benzene rings is 2. The van der Waals surface area contributed by atoms with Crippen molar-refractivity contribution in [3.63, 3.8) is 0 Å². The first kappa shape index (κ1) is 19.3. The highest BCUT2D eigenvalue weighted by atomic mass is 127. The average molecular weight is 496 g/mol. The van der Waals surface area contributed by atoms with Gasteiger partial charge in [-0.25, -0.2) is 4.68 Å². The highest BCUT2D eigenvalue weighted by Gasteiger charge is 2.13. The summed E-state index contributed by atoms with van der Waals surface area (Å²) in [5, 5.41) is 8.78. The van der Waals surface area contributed by atoms with E-state index in [0.717, 1.165) is 14.5 Å². The van der Waals surface area contributed by atoms with Crippen LogP contribution in [0.1, 0.15) is 21.6 Å². The van der Waals surface area contributed by atoms with Crippen molar-refractivity contribution in [2.24, 2.45) is 0 Å². The van der Waals surface area contributed by atoms with Gasteiger partial charge in [0.15, 0.2) is 0 Å². The molecule has 4 rings (SSSR count). The molecule has 2 aromatic carbocycles. The van der Waals surface area contributed by atoms with Crippen LogP contribution in [-0.4, -0.2) is 20.7 Å². The van der Waals surface area contributed by atoms with E-state index in [1.807, 2.05) is 48.5 Å². The van der Waals surface area contributed by atoms with E-state index >= 15 is 0 Å². The Balaban J connectivity index is 1.68. The fourth-order valence-corrected chi connectivity index (χ4v) is 3.74. The quantitative estimate of drug-likeness (QED) is 0.430. The first-order chi connectivity index (χ1) is 14.1. The van der Waals surface area contributed by atoms with Crippen molar-refractivity contribution < 1.29 is 4.79 Å². The van der Waals surface area contributed by atoms with Gasteiger partial charge in [-0.15, -0.1) is 0 Å². The van der Waals surface area contributed by atoms with E-state index in [-0.39, 0.29) is 18.0 Å². The van der Waals surface area contributed by atoms with Crippen molar-refractivity contribution in [1.29, 1.82) is 0 Å². The number of carbonyl (C=O) groups excluding carboxylic acids is 1. The number of rotatable bonds is 5. The molecule has 2 aromatic heterocycles. The number of carbonyl (C=O) groups is 1. The van der Waals surface area contributed by atoms with Gasteiger partial charge in [0.1, 0.15) is 0 Å². The maximum Gasteiger partial charge on any atom is 0.274 e. The predicted molar refractivity (Wildman–Crippen MR) is 120 cm³/mol. The second-order valence-corrected chi connectivity index (χ2v) is 7.64. The van der Waals surface area contributed by atoms with E-state index in [2.05, 4.69) is 38.0 Å². The Morgan fingerprint density at radius 3 is 2.52 bits per heavy atom. The first-order valence-electron chi connectivity index (χ1n) is 9.04. The Kier molecular flexibility index (Phi) is 5.66. The molecule has 1 N–H and O–H groups in total. The number of nitrogens with one attached hydrogen (secondary N) is 1. The topological polar surface area (TPSA) is 76.9 Å². The largest absolute Gasteiger partial charge is 0.346 e. The van der Waals surface area contributed by atoms with Gasteiger partial charge >= 0.3 is 0 Å². The molecule has 0 atom stereocenters. The molecule has 0 saturated heterocycles. The third-order valence-corrected chi connectivity index (χ3v) is 5.47. The van der Waals surface area contributed by atoms with Crippen LogP contribution in [0.2, 0.25) is 0 Å². The maximum absolute atomic E-state index is 12.9. The SMILES string of the molecule is O=C(NCc1nn(Cc2cccnc2)c(=O)c2ccccc12)c1ccccc1I. The summed E-state index contributed by atoms with van der Waals surface area (Å²) in [6.07, 6.45) is 3.40. The summed E-state index contributed by atoms with van der Waals surface area (Å²) in [5.41, 5.74) is 1.97. The molecule has 2 heterocycles.